The van der Waals surface area contributed by atoms with Gasteiger partial charge in [-0.15, -0.1) is 0 Å². The molecule has 1 unspecified atom stereocenters. The average molecular weight is 400 g/mol. The van der Waals surface area contributed by atoms with Crippen LogP contribution in [0.25, 0.3) is 0 Å². The molecular formula is C21H28N4O4. The number of anilines is 1. The monoisotopic (exact) mass is 400 g/mol. The second-order valence-electron chi connectivity index (χ2n) is 7.29. The Morgan fingerprint density at radius 1 is 1.21 bits per heavy atom. The van der Waals surface area contributed by atoms with Gasteiger partial charge in [0.2, 0.25) is 5.91 Å². The molecule has 156 valence electrons. The summed E-state index contributed by atoms with van der Waals surface area (Å²) in [4.78, 5) is 39.0. The smallest absolute Gasteiger partial charge is 0.332 e. The number of amides is 1. The zero-order valence-electron chi connectivity index (χ0n) is 17.2. The van der Waals surface area contributed by atoms with Gasteiger partial charge in [-0.25, -0.2) is 4.79 Å². The predicted molar refractivity (Wildman–Crippen MR) is 111 cm³/mol. The molecule has 2 aromatic rings. The number of aromatic nitrogens is 2. The second-order valence-corrected chi connectivity index (χ2v) is 7.29. The van der Waals surface area contributed by atoms with E-state index in [1.807, 2.05) is 36.1 Å². The van der Waals surface area contributed by atoms with Gasteiger partial charge in [-0.1, -0.05) is 18.2 Å². The number of nitrogens with one attached hydrogen (secondary N) is 1. The average Bonchev–Trinajstić information content (AvgIpc) is 2.74. The highest BCUT2D eigenvalue weighted by molar-refractivity contribution is 5.79. The number of benzene rings is 1. The van der Waals surface area contributed by atoms with E-state index in [2.05, 4.69) is 5.32 Å². The van der Waals surface area contributed by atoms with Crippen molar-refractivity contribution in [1.29, 1.82) is 0 Å². The molecule has 0 spiro atoms. The number of carbonyl (C=O) groups is 1. The lowest BCUT2D eigenvalue weighted by molar-refractivity contribution is -0.125. The molecule has 3 rings (SSSR count). The van der Waals surface area contributed by atoms with E-state index in [0.717, 1.165) is 28.7 Å². The molecule has 8 heteroatoms. The van der Waals surface area contributed by atoms with Crippen molar-refractivity contribution in [3.8, 4) is 5.75 Å². The van der Waals surface area contributed by atoms with Crippen molar-refractivity contribution in [2.24, 2.45) is 20.0 Å². The normalized spacial score (nSPS) is 16.5. The summed E-state index contributed by atoms with van der Waals surface area (Å²) in [6.07, 6.45) is 1.59. The van der Waals surface area contributed by atoms with Crippen LogP contribution in [0.4, 0.5) is 5.82 Å². The van der Waals surface area contributed by atoms with Crippen molar-refractivity contribution in [2.75, 3.05) is 24.6 Å². The highest BCUT2D eigenvalue weighted by Crippen LogP contribution is 2.22. The summed E-state index contributed by atoms with van der Waals surface area (Å²) < 4.78 is 8.15. The molecule has 1 N–H and O–H groups in total. The van der Waals surface area contributed by atoms with Crippen molar-refractivity contribution in [3.63, 3.8) is 0 Å². The quantitative estimate of drug-likeness (QED) is 0.782. The van der Waals surface area contributed by atoms with Gasteiger partial charge < -0.3 is 15.0 Å². The third kappa shape index (κ3) is 4.52. The predicted octanol–water partition coefficient (Wildman–Crippen LogP) is 1.02. The van der Waals surface area contributed by atoms with E-state index in [1.165, 1.54) is 17.7 Å². The number of ether oxygens (including phenoxy) is 1. The summed E-state index contributed by atoms with van der Waals surface area (Å²) in [5.41, 5.74) is 0.220. The third-order valence-electron chi connectivity index (χ3n) is 5.34. The summed E-state index contributed by atoms with van der Waals surface area (Å²) in [6, 6.07) is 9.12. The van der Waals surface area contributed by atoms with E-state index in [-0.39, 0.29) is 23.1 Å². The fraction of sp³-hybridized carbons (Fsp3) is 0.476. The first-order chi connectivity index (χ1) is 13.9. The van der Waals surface area contributed by atoms with E-state index in [0.29, 0.717) is 32.1 Å². The molecule has 29 heavy (non-hydrogen) atoms. The van der Waals surface area contributed by atoms with Crippen LogP contribution < -0.4 is 26.2 Å². The molecule has 1 aliphatic heterocycles. The molecule has 1 amide bonds. The molecule has 0 saturated carbocycles. The Balaban J connectivity index is 1.69. The molecule has 0 aliphatic carbocycles. The summed E-state index contributed by atoms with van der Waals surface area (Å²) in [5.74, 6) is 1.09. The maximum atomic E-state index is 12.8. The first-order valence-corrected chi connectivity index (χ1v) is 9.92. The summed E-state index contributed by atoms with van der Waals surface area (Å²) in [5, 5.41) is 3.01. The molecule has 8 nitrogen and oxygen atoms in total. The van der Waals surface area contributed by atoms with Crippen LogP contribution in [0, 0.1) is 5.92 Å². The highest BCUT2D eigenvalue weighted by atomic mass is 16.5. The Morgan fingerprint density at radius 3 is 2.72 bits per heavy atom. The highest BCUT2D eigenvalue weighted by Gasteiger charge is 2.27. The first-order valence-electron chi connectivity index (χ1n) is 9.92. The molecule has 1 atom stereocenters. The number of piperidine rings is 1. The maximum absolute atomic E-state index is 12.8. The van der Waals surface area contributed by atoms with Crippen LogP contribution in [0.2, 0.25) is 0 Å². The number of nitrogens with zero attached hydrogens (tertiary/aromatic N) is 3. The van der Waals surface area contributed by atoms with E-state index in [9.17, 15) is 14.4 Å². The van der Waals surface area contributed by atoms with Gasteiger partial charge in [-0.2, -0.15) is 0 Å². The number of hydrogen-bond donors (Lipinski definition) is 1. The maximum Gasteiger partial charge on any atom is 0.332 e. The molecule has 0 bridgehead atoms. The Hall–Kier alpha value is -3.03. The van der Waals surface area contributed by atoms with Crippen molar-refractivity contribution in [2.45, 2.75) is 26.3 Å². The number of hydrogen-bond acceptors (Lipinski definition) is 5. The fourth-order valence-electron chi connectivity index (χ4n) is 3.70. The van der Waals surface area contributed by atoms with Crippen molar-refractivity contribution < 1.29 is 9.53 Å². The lowest BCUT2D eigenvalue weighted by Crippen LogP contribution is -2.46. The first kappa shape index (κ1) is 20.7. The van der Waals surface area contributed by atoms with E-state index >= 15 is 0 Å². The molecule has 0 radical (unpaired) electrons. The van der Waals surface area contributed by atoms with Gasteiger partial charge in [-0.3, -0.25) is 18.7 Å². The number of carbonyl (C=O) groups excluding carboxylic acids is 1. The minimum Gasteiger partial charge on any atom is -0.494 e. The van der Waals surface area contributed by atoms with Gasteiger partial charge >= 0.3 is 5.69 Å². The van der Waals surface area contributed by atoms with Gasteiger partial charge in [0.1, 0.15) is 11.6 Å². The largest absolute Gasteiger partial charge is 0.494 e. The summed E-state index contributed by atoms with van der Waals surface area (Å²) in [7, 11) is 3.10. The van der Waals surface area contributed by atoms with Gasteiger partial charge in [0.15, 0.2) is 0 Å². The summed E-state index contributed by atoms with van der Waals surface area (Å²) >= 11 is 0. The number of para-hydroxylation sites is 1. The van der Waals surface area contributed by atoms with Gasteiger partial charge in [0.25, 0.3) is 5.56 Å². The van der Waals surface area contributed by atoms with Gasteiger partial charge in [0, 0.05) is 45.4 Å². The molecule has 1 aliphatic rings. The second kappa shape index (κ2) is 8.98. The lowest BCUT2D eigenvalue weighted by atomic mass is 9.97. The molecule has 1 aromatic carbocycles. The van der Waals surface area contributed by atoms with E-state index in [4.69, 9.17) is 4.74 Å². The van der Waals surface area contributed by atoms with E-state index in [1.54, 1.807) is 7.05 Å². The minimum absolute atomic E-state index is 0.0326. The SMILES string of the molecule is CCOc1ccccc1CNC(=O)C1CCCN(c2cc(=O)n(C)c(=O)n2C)C1. The zero-order chi connectivity index (χ0) is 21.0. The van der Waals surface area contributed by atoms with Gasteiger partial charge in [-0.05, 0) is 25.8 Å². The molecule has 1 fully saturated rings. The standard InChI is InChI=1S/C21H28N4O4/c1-4-29-17-10-6-5-8-15(17)13-22-20(27)16-9-7-11-25(14-16)18-12-19(26)24(3)21(28)23(18)2/h5-6,8,10,12,16H,4,7,9,11,13-14H2,1-3H3,(H,22,27). The Bertz CT molecular complexity index is 995. The van der Waals surface area contributed by atoms with Crippen LogP contribution in [0.3, 0.4) is 0 Å². The zero-order valence-corrected chi connectivity index (χ0v) is 17.2. The Morgan fingerprint density at radius 2 is 1.97 bits per heavy atom. The molecule has 2 heterocycles. The number of rotatable bonds is 6. The van der Waals surface area contributed by atoms with Crippen molar-refractivity contribution in [3.05, 3.63) is 56.7 Å². The van der Waals surface area contributed by atoms with E-state index < -0.39 is 0 Å². The molecule has 1 aromatic heterocycles. The fourth-order valence-corrected chi connectivity index (χ4v) is 3.70. The van der Waals surface area contributed by atoms with Crippen LogP contribution >= 0.6 is 0 Å². The van der Waals surface area contributed by atoms with Crippen molar-refractivity contribution >= 4 is 11.7 Å². The molecular weight excluding hydrogens is 372 g/mol. The Kier molecular flexibility index (Phi) is 6.41. The van der Waals surface area contributed by atoms with Gasteiger partial charge in [0.05, 0.1) is 12.5 Å². The third-order valence-corrected chi connectivity index (χ3v) is 5.34. The lowest BCUT2D eigenvalue weighted by Gasteiger charge is -2.34. The van der Waals surface area contributed by atoms with Crippen LogP contribution in [0.5, 0.6) is 5.75 Å². The van der Waals surface area contributed by atoms with Crippen LogP contribution in [0.1, 0.15) is 25.3 Å². The van der Waals surface area contributed by atoms with Crippen molar-refractivity contribution in [1.82, 2.24) is 14.5 Å². The molecule has 1 saturated heterocycles. The van der Waals surface area contributed by atoms with Crippen LogP contribution in [-0.2, 0) is 25.4 Å². The minimum atomic E-state index is -0.369. The van der Waals surface area contributed by atoms with Crippen LogP contribution in [0.15, 0.2) is 39.9 Å². The van der Waals surface area contributed by atoms with Crippen LogP contribution in [-0.4, -0.2) is 34.7 Å². The topological polar surface area (TPSA) is 85.6 Å². The summed E-state index contributed by atoms with van der Waals surface area (Å²) in [6.45, 7) is 4.07. The Labute approximate surface area is 169 Å².